The van der Waals surface area contributed by atoms with Gasteiger partial charge < -0.3 is 40.3 Å². The molecular formula is C13H20N3O14P3. The summed E-state index contributed by atoms with van der Waals surface area (Å²) in [5.74, 6) is 0.383. The van der Waals surface area contributed by atoms with E-state index >= 15 is 0 Å². The number of aliphatic hydroxyl groups excluding tert-OH is 1. The molecule has 0 radical (unpaired) electrons. The van der Waals surface area contributed by atoms with Crippen molar-refractivity contribution in [3.8, 4) is 12.3 Å². The fourth-order valence-electron chi connectivity index (χ4n) is 3.09. The van der Waals surface area contributed by atoms with Crippen LogP contribution < -0.4 is 11.4 Å². The molecule has 4 unspecified atom stereocenters. The quantitative estimate of drug-likeness (QED) is 0.139. The van der Waals surface area contributed by atoms with Gasteiger partial charge in [0.1, 0.15) is 5.82 Å². The molecule has 0 aliphatic carbocycles. The largest absolute Gasteiger partial charge is 0.490 e. The van der Waals surface area contributed by atoms with Crippen molar-refractivity contribution >= 4 is 29.3 Å². The van der Waals surface area contributed by atoms with Crippen molar-refractivity contribution in [3.05, 3.63) is 22.7 Å². The highest BCUT2D eigenvalue weighted by Crippen LogP contribution is 2.66. The molecule has 0 saturated carbocycles. The Hall–Kier alpha value is -1.47. The fourth-order valence-corrected chi connectivity index (χ4v) is 6.29. The topological polar surface area (TPSA) is 270 Å². The van der Waals surface area contributed by atoms with Gasteiger partial charge in [0, 0.05) is 6.20 Å². The molecule has 33 heavy (non-hydrogen) atoms. The third-order valence-corrected chi connectivity index (χ3v) is 8.26. The normalized spacial score (nSPS) is 30.2. The van der Waals surface area contributed by atoms with Crippen LogP contribution in [0.4, 0.5) is 5.82 Å². The van der Waals surface area contributed by atoms with E-state index in [-0.39, 0.29) is 5.82 Å². The molecule has 0 bridgehead atoms. The van der Waals surface area contributed by atoms with Crippen LogP contribution in [0.25, 0.3) is 0 Å². The molecule has 1 aliphatic heterocycles. The van der Waals surface area contributed by atoms with Crippen molar-refractivity contribution in [2.45, 2.75) is 31.0 Å². The SMILES string of the molecule is C#CC1(O)C(CO)[C@@H]([C@@H](C)OP(=O)(O)OP(=O)(O)OP(=O)(O)O)O[C@H]1n1ccc(N)nc1=O. The smallest absolute Gasteiger partial charge is 0.396 e. The number of aliphatic hydroxyl groups is 2. The Morgan fingerprint density at radius 2 is 1.91 bits per heavy atom. The highest BCUT2D eigenvalue weighted by atomic mass is 31.3. The second-order valence-electron chi connectivity index (χ2n) is 6.66. The van der Waals surface area contributed by atoms with Crippen molar-refractivity contribution in [2.24, 2.45) is 5.92 Å². The minimum Gasteiger partial charge on any atom is -0.396 e. The third kappa shape index (κ3) is 6.56. The number of nitrogens with zero attached hydrogens (tertiary/aromatic N) is 2. The zero-order valence-electron chi connectivity index (χ0n) is 16.5. The van der Waals surface area contributed by atoms with Crippen molar-refractivity contribution in [2.75, 3.05) is 12.3 Å². The lowest BCUT2D eigenvalue weighted by molar-refractivity contribution is -0.0867. The van der Waals surface area contributed by atoms with Gasteiger partial charge >= 0.3 is 29.2 Å². The first kappa shape index (κ1) is 27.8. The second-order valence-corrected chi connectivity index (χ2v) is 11.0. The van der Waals surface area contributed by atoms with Crippen LogP contribution in [0.3, 0.4) is 0 Å². The predicted molar refractivity (Wildman–Crippen MR) is 106 cm³/mol. The Balaban J connectivity index is 2.32. The zero-order valence-corrected chi connectivity index (χ0v) is 19.2. The van der Waals surface area contributed by atoms with E-state index in [2.05, 4.69) is 18.1 Å². The molecule has 8 N–H and O–H groups in total. The molecule has 1 aliphatic rings. The summed E-state index contributed by atoms with van der Waals surface area (Å²) in [5, 5.41) is 20.7. The summed E-state index contributed by atoms with van der Waals surface area (Å²) in [4.78, 5) is 51.7. The zero-order chi connectivity index (χ0) is 25.4. The Morgan fingerprint density at radius 1 is 1.30 bits per heavy atom. The second kappa shape index (κ2) is 9.65. The van der Waals surface area contributed by atoms with Gasteiger partial charge in [0.15, 0.2) is 11.8 Å². The highest BCUT2D eigenvalue weighted by Gasteiger charge is 2.58. The number of rotatable bonds is 9. The van der Waals surface area contributed by atoms with Crippen LogP contribution in [-0.4, -0.2) is 63.8 Å². The summed E-state index contributed by atoms with van der Waals surface area (Å²) in [6.45, 7) is 0.165. The number of nitrogens with two attached hydrogens (primary N) is 1. The van der Waals surface area contributed by atoms with Gasteiger partial charge in [-0.15, -0.1) is 6.42 Å². The number of ether oxygens (including phenoxy) is 1. The summed E-state index contributed by atoms with van der Waals surface area (Å²) >= 11 is 0. The van der Waals surface area contributed by atoms with Crippen LogP contribution in [0.5, 0.6) is 0 Å². The van der Waals surface area contributed by atoms with Crippen LogP contribution in [0.1, 0.15) is 13.2 Å². The van der Waals surface area contributed by atoms with Crippen LogP contribution >= 0.6 is 23.5 Å². The molecule has 20 heteroatoms. The molecule has 17 nitrogen and oxygen atoms in total. The van der Waals surface area contributed by atoms with E-state index in [9.17, 15) is 38.5 Å². The number of phosphoric acid groups is 3. The minimum absolute atomic E-state index is 0.158. The van der Waals surface area contributed by atoms with Crippen LogP contribution in [-0.2, 0) is 31.6 Å². The molecule has 1 aromatic heterocycles. The molecule has 1 saturated heterocycles. The Kier molecular flexibility index (Phi) is 8.12. The van der Waals surface area contributed by atoms with Crippen molar-refractivity contribution in [1.29, 1.82) is 0 Å². The van der Waals surface area contributed by atoms with E-state index in [0.717, 1.165) is 17.7 Å². The first-order valence-corrected chi connectivity index (χ1v) is 13.1. The predicted octanol–water partition coefficient (Wildman–Crippen LogP) is -1.57. The van der Waals surface area contributed by atoms with Crippen molar-refractivity contribution in [3.63, 3.8) is 0 Å². The first-order chi connectivity index (χ1) is 14.9. The number of phosphoric ester groups is 1. The average molecular weight is 535 g/mol. The fraction of sp³-hybridized carbons (Fsp3) is 0.538. The molecular weight excluding hydrogens is 515 g/mol. The molecule has 7 atom stereocenters. The molecule has 0 amide bonds. The van der Waals surface area contributed by atoms with Crippen LogP contribution in [0.2, 0.25) is 0 Å². The number of hydrogen-bond acceptors (Lipinski definition) is 12. The van der Waals surface area contributed by atoms with Crippen molar-refractivity contribution in [1.82, 2.24) is 9.55 Å². The van der Waals surface area contributed by atoms with E-state index in [4.69, 9.17) is 26.7 Å². The Morgan fingerprint density at radius 3 is 2.39 bits per heavy atom. The molecule has 1 fully saturated rings. The molecule has 0 spiro atoms. The molecule has 2 rings (SSSR count). The Bertz CT molecular complexity index is 1130. The number of nitrogen functional groups attached to an aromatic ring is 1. The number of aromatic nitrogens is 2. The van der Waals surface area contributed by atoms with E-state index in [1.807, 2.05) is 5.92 Å². The standard InChI is InChI=1S/C13H20N3O14P3/c1-3-13(19)8(6-17)10(27-11(13)16-5-4-9(14)15-12(16)18)7(2)28-32(23,24)30-33(25,26)29-31(20,21)22/h1,4-5,7-8,10-11,17,19H,6H2,2H3,(H,23,24)(H,25,26)(H2,14,15,18)(H2,20,21,22)/t7-,8?,10-,11-,13?/m1/s1. The first-order valence-electron chi connectivity index (χ1n) is 8.58. The maximum absolute atomic E-state index is 12.2. The van der Waals surface area contributed by atoms with Crippen LogP contribution in [0.15, 0.2) is 17.1 Å². The molecule has 0 aromatic carbocycles. The van der Waals surface area contributed by atoms with Gasteiger partial charge in [-0.2, -0.15) is 13.6 Å². The van der Waals surface area contributed by atoms with E-state index in [1.165, 1.54) is 6.07 Å². The summed E-state index contributed by atoms with van der Waals surface area (Å²) in [7, 11) is -17.0. The minimum atomic E-state index is -5.79. The van der Waals surface area contributed by atoms with Gasteiger partial charge in [0.2, 0.25) is 0 Å². The third-order valence-electron chi connectivity index (χ3n) is 4.33. The van der Waals surface area contributed by atoms with Gasteiger partial charge in [-0.3, -0.25) is 9.09 Å². The molecule has 186 valence electrons. The van der Waals surface area contributed by atoms with Gasteiger partial charge in [0.05, 0.1) is 24.7 Å². The van der Waals surface area contributed by atoms with E-state index < -0.39 is 65.7 Å². The lowest BCUT2D eigenvalue weighted by Gasteiger charge is -2.29. The summed E-state index contributed by atoms with van der Waals surface area (Å²) in [5.41, 5.74) is 2.04. The van der Waals surface area contributed by atoms with E-state index in [0.29, 0.717) is 0 Å². The lowest BCUT2D eigenvalue weighted by Crippen LogP contribution is -2.46. The van der Waals surface area contributed by atoms with Gasteiger partial charge in [0.25, 0.3) is 0 Å². The lowest BCUT2D eigenvalue weighted by atomic mass is 9.84. The average Bonchev–Trinajstić information content (AvgIpc) is 2.91. The van der Waals surface area contributed by atoms with E-state index in [1.54, 1.807) is 0 Å². The Labute approximate surface area is 185 Å². The van der Waals surface area contributed by atoms with Gasteiger partial charge in [-0.1, -0.05) is 5.92 Å². The summed E-state index contributed by atoms with van der Waals surface area (Å²) < 4.78 is 52.5. The maximum Gasteiger partial charge on any atom is 0.490 e. The maximum atomic E-state index is 12.2. The van der Waals surface area contributed by atoms with Crippen molar-refractivity contribution < 1.29 is 61.4 Å². The number of hydrogen-bond donors (Lipinski definition) is 7. The monoisotopic (exact) mass is 535 g/mol. The number of anilines is 1. The number of terminal acetylenes is 1. The van der Waals surface area contributed by atoms with Gasteiger partial charge in [-0.05, 0) is 13.0 Å². The molecule has 1 aromatic rings. The van der Waals surface area contributed by atoms with Crippen LogP contribution in [0, 0.1) is 18.3 Å². The summed E-state index contributed by atoms with van der Waals surface area (Å²) in [6, 6.07) is 1.18. The van der Waals surface area contributed by atoms with Gasteiger partial charge in [-0.25, -0.2) is 18.5 Å². The molecule has 2 heterocycles. The highest BCUT2D eigenvalue weighted by molar-refractivity contribution is 7.66. The summed E-state index contributed by atoms with van der Waals surface area (Å²) in [6.07, 6.45) is 1.62.